The highest BCUT2D eigenvalue weighted by molar-refractivity contribution is 8.11. The summed E-state index contributed by atoms with van der Waals surface area (Å²) in [6, 6.07) is 7.43. The van der Waals surface area contributed by atoms with Gasteiger partial charge in [-0.3, -0.25) is 4.79 Å². The zero-order valence-corrected chi connectivity index (χ0v) is 10.3. The van der Waals surface area contributed by atoms with Crippen LogP contribution in [0.15, 0.2) is 34.1 Å². The smallest absolute Gasteiger partial charge is 0.325 e. The van der Waals surface area contributed by atoms with E-state index in [2.05, 4.69) is 0 Å². The Morgan fingerprint density at radius 1 is 1.56 bits per heavy atom. The minimum absolute atomic E-state index is 0.0415. The number of carbonyl (C=O) groups is 1. The monoisotopic (exact) mass is 257 g/mol. The quantitative estimate of drug-likeness (QED) is 0.467. The zero-order valence-electron chi connectivity index (χ0n) is 8.71. The van der Waals surface area contributed by atoms with Crippen LogP contribution in [-0.2, 0) is 20.9 Å². The highest BCUT2D eigenvalue weighted by Crippen LogP contribution is 2.40. The number of nitrogens with zero attached hydrogens (tertiary/aromatic N) is 1. The van der Waals surface area contributed by atoms with Gasteiger partial charge in [0.25, 0.3) is 0 Å². The average molecular weight is 257 g/mol. The van der Waals surface area contributed by atoms with E-state index in [1.54, 1.807) is 6.92 Å². The van der Waals surface area contributed by atoms with Gasteiger partial charge in [-0.2, -0.15) is 0 Å². The van der Waals surface area contributed by atoms with E-state index < -0.39 is 11.4 Å². The number of hydrogen-bond donors (Lipinski definition) is 0. The molecular formula is C10H11NO3S2. The minimum Gasteiger partial charge on any atom is -0.592 e. The van der Waals surface area contributed by atoms with Gasteiger partial charge in [-0.15, -0.1) is 0 Å². The second-order valence-electron chi connectivity index (χ2n) is 3.08. The van der Waals surface area contributed by atoms with Crippen molar-refractivity contribution >= 4 is 29.3 Å². The number of carbonyl (C=O) groups excluding carboxylic acids is 1. The Balaban J connectivity index is 2.04. The molecule has 4 nitrogen and oxygen atoms in total. The molecule has 16 heavy (non-hydrogen) atoms. The lowest BCUT2D eigenvalue weighted by Crippen LogP contribution is -2.27. The van der Waals surface area contributed by atoms with Gasteiger partial charge in [0.15, 0.2) is 11.4 Å². The van der Waals surface area contributed by atoms with Crippen molar-refractivity contribution in [1.82, 2.24) is 3.71 Å². The Kier molecular flexibility index (Phi) is 3.75. The predicted molar refractivity (Wildman–Crippen MR) is 62.0 cm³/mol. The van der Waals surface area contributed by atoms with Crippen LogP contribution in [0.2, 0.25) is 0 Å². The molecule has 1 heterocycles. The third-order valence-corrected chi connectivity index (χ3v) is 4.86. The lowest BCUT2D eigenvalue weighted by Gasteiger charge is -2.13. The maximum absolute atomic E-state index is 11.9. The topological polar surface area (TPSA) is 52.6 Å². The van der Waals surface area contributed by atoms with Crippen LogP contribution in [0.3, 0.4) is 0 Å². The largest absolute Gasteiger partial charge is 0.592 e. The van der Waals surface area contributed by atoms with E-state index in [0.717, 1.165) is 9.79 Å². The van der Waals surface area contributed by atoms with Gasteiger partial charge in [0.05, 0.1) is 22.9 Å². The number of ether oxygens (including phenoxy) is 1. The molecule has 2 rings (SSSR count). The highest BCUT2D eigenvalue weighted by atomic mass is 32.3. The summed E-state index contributed by atoms with van der Waals surface area (Å²) in [5.41, 5.74) is 0. The molecule has 1 aromatic rings. The SMILES string of the molecule is CCOC(=O)CN1Sc2ccccc2[S+]1[O-]. The molecule has 0 aliphatic carbocycles. The summed E-state index contributed by atoms with van der Waals surface area (Å²) in [7, 11) is 0. The summed E-state index contributed by atoms with van der Waals surface area (Å²) in [5, 5.41) is 0. The molecule has 6 heteroatoms. The Hall–Kier alpha value is -0.690. The lowest BCUT2D eigenvalue weighted by atomic mass is 10.4. The van der Waals surface area contributed by atoms with E-state index in [1.165, 1.54) is 15.7 Å². The molecule has 0 saturated carbocycles. The summed E-state index contributed by atoms with van der Waals surface area (Å²) in [6.45, 7) is 2.14. The maximum Gasteiger partial charge on any atom is 0.325 e. The fourth-order valence-electron chi connectivity index (χ4n) is 1.33. The van der Waals surface area contributed by atoms with Crippen molar-refractivity contribution in [1.29, 1.82) is 0 Å². The first-order chi connectivity index (χ1) is 7.72. The van der Waals surface area contributed by atoms with E-state index in [9.17, 15) is 9.35 Å². The number of rotatable bonds is 3. The molecule has 0 bridgehead atoms. The van der Waals surface area contributed by atoms with Crippen LogP contribution in [0.4, 0.5) is 0 Å². The Labute approximate surface area is 101 Å². The normalized spacial score (nSPS) is 19.5. The van der Waals surface area contributed by atoms with Crippen molar-refractivity contribution in [2.75, 3.05) is 13.2 Å². The maximum atomic E-state index is 11.9. The molecule has 1 atom stereocenters. The van der Waals surface area contributed by atoms with Crippen LogP contribution < -0.4 is 0 Å². The molecule has 0 N–H and O–H groups in total. The standard InChI is InChI=1S/C10H11NO3S2/c1-2-14-10(12)7-11-15-8-5-3-4-6-9(8)16(11)13/h3-6H,2,7H2,1H3. The molecule has 1 aromatic carbocycles. The van der Waals surface area contributed by atoms with Gasteiger partial charge in [-0.1, -0.05) is 12.1 Å². The number of fused-ring (bicyclic) bond motifs is 1. The molecule has 1 unspecified atom stereocenters. The molecule has 0 fully saturated rings. The number of esters is 1. The summed E-state index contributed by atoms with van der Waals surface area (Å²) < 4.78 is 18.3. The van der Waals surface area contributed by atoms with Gasteiger partial charge in [0.2, 0.25) is 0 Å². The minimum atomic E-state index is -1.26. The van der Waals surface area contributed by atoms with Gasteiger partial charge in [-0.05, 0) is 22.8 Å². The van der Waals surface area contributed by atoms with Gasteiger partial charge in [0.1, 0.15) is 0 Å². The molecule has 0 spiro atoms. The lowest BCUT2D eigenvalue weighted by molar-refractivity contribution is -0.142. The van der Waals surface area contributed by atoms with Crippen LogP contribution in [-0.4, -0.2) is 27.4 Å². The van der Waals surface area contributed by atoms with Crippen molar-refractivity contribution < 1.29 is 14.1 Å². The van der Waals surface area contributed by atoms with Crippen molar-refractivity contribution in [3.8, 4) is 0 Å². The van der Waals surface area contributed by atoms with E-state index in [-0.39, 0.29) is 12.5 Å². The van der Waals surface area contributed by atoms with E-state index in [0.29, 0.717) is 6.61 Å². The first kappa shape index (κ1) is 11.8. The van der Waals surface area contributed by atoms with E-state index in [4.69, 9.17) is 4.74 Å². The molecule has 1 aliphatic heterocycles. The molecule has 0 amide bonds. The van der Waals surface area contributed by atoms with E-state index in [1.807, 2.05) is 24.3 Å². The fourth-order valence-corrected chi connectivity index (χ4v) is 3.97. The zero-order chi connectivity index (χ0) is 11.5. The summed E-state index contributed by atoms with van der Waals surface area (Å²) in [6.07, 6.45) is 0. The molecule has 0 radical (unpaired) electrons. The van der Waals surface area contributed by atoms with Crippen molar-refractivity contribution in [3.05, 3.63) is 24.3 Å². The Bertz CT molecular complexity index is 399. The molecule has 1 aliphatic rings. The third kappa shape index (κ3) is 2.35. The fraction of sp³-hybridized carbons (Fsp3) is 0.300. The Morgan fingerprint density at radius 3 is 3.00 bits per heavy atom. The summed E-state index contributed by atoms with van der Waals surface area (Å²) >= 11 is 0.0665. The van der Waals surface area contributed by atoms with Gasteiger partial charge in [-0.25, -0.2) is 0 Å². The highest BCUT2D eigenvalue weighted by Gasteiger charge is 2.36. The van der Waals surface area contributed by atoms with Crippen LogP contribution >= 0.6 is 11.9 Å². The van der Waals surface area contributed by atoms with Crippen molar-refractivity contribution in [2.45, 2.75) is 16.7 Å². The number of benzene rings is 1. The van der Waals surface area contributed by atoms with Gasteiger partial charge in [0, 0.05) is 11.9 Å². The average Bonchev–Trinajstić information content (AvgIpc) is 2.57. The van der Waals surface area contributed by atoms with Crippen molar-refractivity contribution in [2.24, 2.45) is 0 Å². The van der Waals surface area contributed by atoms with Crippen LogP contribution in [0.25, 0.3) is 0 Å². The molecule has 86 valence electrons. The van der Waals surface area contributed by atoms with Crippen LogP contribution in [0.5, 0.6) is 0 Å². The first-order valence-electron chi connectivity index (χ1n) is 4.84. The molecule has 0 aromatic heterocycles. The van der Waals surface area contributed by atoms with Gasteiger partial charge >= 0.3 is 5.97 Å². The second-order valence-corrected chi connectivity index (χ2v) is 5.76. The van der Waals surface area contributed by atoms with Gasteiger partial charge < -0.3 is 9.29 Å². The third-order valence-electron chi connectivity index (χ3n) is 1.99. The molecule has 0 saturated heterocycles. The predicted octanol–water partition coefficient (Wildman–Crippen LogP) is 1.60. The number of hydrogen-bond acceptors (Lipinski definition) is 5. The van der Waals surface area contributed by atoms with Crippen molar-refractivity contribution in [3.63, 3.8) is 0 Å². The van der Waals surface area contributed by atoms with Crippen LogP contribution in [0, 0.1) is 0 Å². The summed E-state index contributed by atoms with van der Waals surface area (Å²) in [4.78, 5) is 13.0. The van der Waals surface area contributed by atoms with E-state index >= 15 is 0 Å². The second kappa shape index (κ2) is 5.09. The van der Waals surface area contributed by atoms with Crippen LogP contribution in [0.1, 0.15) is 6.92 Å². The molecular weight excluding hydrogens is 246 g/mol. The first-order valence-corrected chi connectivity index (χ1v) is 6.72. The Morgan fingerprint density at radius 2 is 2.31 bits per heavy atom. The summed E-state index contributed by atoms with van der Waals surface area (Å²) in [5.74, 6) is -0.351.